The molecule has 0 atom stereocenters. The van der Waals surface area contributed by atoms with E-state index in [1.807, 2.05) is 0 Å². The summed E-state index contributed by atoms with van der Waals surface area (Å²) in [6.07, 6.45) is 0.476. The van der Waals surface area contributed by atoms with Gasteiger partial charge in [0.15, 0.2) is 0 Å². The van der Waals surface area contributed by atoms with Crippen molar-refractivity contribution in [2.45, 2.75) is 24.9 Å². The second kappa shape index (κ2) is 10.2. The van der Waals surface area contributed by atoms with Gasteiger partial charge in [-0.2, -0.15) is 22.6 Å². The molecule has 0 fully saturated rings. The Labute approximate surface area is 194 Å². The molecule has 0 aliphatic carbocycles. The molecule has 0 saturated heterocycles. The van der Waals surface area contributed by atoms with Gasteiger partial charge in [0, 0.05) is 19.2 Å². The molecule has 1 amide bonds. The summed E-state index contributed by atoms with van der Waals surface area (Å²) in [6.45, 7) is 4.17. The lowest BCUT2D eigenvalue weighted by atomic mass is 10.1. The number of carbonyl (C=O) groups excluding carboxylic acids is 1. The largest absolute Gasteiger partial charge is 0.416 e. The van der Waals surface area contributed by atoms with Crippen molar-refractivity contribution in [3.8, 4) is 5.69 Å². The number of carbonyl (C=O) groups is 1. The molecule has 0 unspecified atom stereocenters. The minimum Gasteiger partial charge on any atom is -0.321 e. The molecule has 0 spiro atoms. The number of anilines is 1. The Bertz CT molecular complexity index is 1270. The smallest absolute Gasteiger partial charge is 0.321 e. The third-order valence-corrected chi connectivity index (χ3v) is 6.96. The number of sulfonamides is 1. The standard InChI is InChI=1S/C22H22F3N5O3S/c1-3-29(4-2)34(32,33)18-9-5-16(6-10-18)7-12-21(31)28-19-13-17(22(23,24)25)8-11-20(19)30-15-26-14-27-30/h5-15H,3-4H2,1-2H3,(H,28,31)/b12-7+. The van der Waals surface area contributed by atoms with Crippen molar-refractivity contribution in [3.05, 3.63) is 72.3 Å². The molecule has 0 aliphatic rings. The van der Waals surface area contributed by atoms with Crippen LogP contribution >= 0.6 is 0 Å². The van der Waals surface area contributed by atoms with Gasteiger partial charge in [-0.15, -0.1) is 0 Å². The summed E-state index contributed by atoms with van der Waals surface area (Å²) in [4.78, 5) is 16.3. The lowest BCUT2D eigenvalue weighted by Gasteiger charge is -2.18. The molecule has 3 aromatic rings. The predicted octanol–water partition coefficient (Wildman–Crippen LogP) is 3.97. The average Bonchev–Trinajstić information content (AvgIpc) is 3.33. The highest BCUT2D eigenvalue weighted by Crippen LogP contribution is 2.33. The van der Waals surface area contributed by atoms with Gasteiger partial charge in [-0.1, -0.05) is 26.0 Å². The molecular weight excluding hydrogens is 471 g/mol. The van der Waals surface area contributed by atoms with E-state index in [4.69, 9.17) is 0 Å². The normalized spacial score (nSPS) is 12.4. The minimum atomic E-state index is -4.59. The highest BCUT2D eigenvalue weighted by Gasteiger charge is 2.31. The van der Waals surface area contributed by atoms with Gasteiger partial charge in [-0.25, -0.2) is 18.1 Å². The van der Waals surface area contributed by atoms with E-state index in [2.05, 4.69) is 15.4 Å². The van der Waals surface area contributed by atoms with E-state index < -0.39 is 27.7 Å². The van der Waals surface area contributed by atoms with Crippen LogP contribution in [0.25, 0.3) is 11.8 Å². The van der Waals surface area contributed by atoms with Gasteiger partial charge in [0.05, 0.1) is 21.8 Å². The highest BCUT2D eigenvalue weighted by atomic mass is 32.2. The SMILES string of the molecule is CCN(CC)S(=O)(=O)c1ccc(/C=C/C(=O)Nc2cc(C(F)(F)F)ccc2-n2cncn2)cc1. The van der Waals surface area contributed by atoms with Crippen LogP contribution in [-0.4, -0.2) is 46.5 Å². The summed E-state index contributed by atoms with van der Waals surface area (Å²) in [7, 11) is -3.61. The van der Waals surface area contributed by atoms with Crippen LogP contribution in [-0.2, 0) is 21.0 Å². The lowest BCUT2D eigenvalue weighted by Crippen LogP contribution is -2.30. The predicted molar refractivity (Wildman–Crippen MR) is 121 cm³/mol. The summed E-state index contributed by atoms with van der Waals surface area (Å²) in [5.74, 6) is -0.680. The molecular formula is C22H22F3N5O3S. The van der Waals surface area contributed by atoms with E-state index in [1.165, 1.54) is 58.0 Å². The zero-order valence-electron chi connectivity index (χ0n) is 18.3. The first-order chi connectivity index (χ1) is 16.1. The summed E-state index contributed by atoms with van der Waals surface area (Å²) in [5.41, 5.74) is -0.288. The van der Waals surface area contributed by atoms with Crippen LogP contribution in [0.3, 0.4) is 0 Å². The molecule has 1 heterocycles. The van der Waals surface area contributed by atoms with Crippen molar-refractivity contribution in [2.75, 3.05) is 18.4 Å². The van der Waals surface area contributed by atoms with Gasteiger partial charge in [-0.05, 0) is 42.0 Å². The molecule has 0 saturated carbocycles. The molecule has 1 N–H and O–H groups in total. The van der Waals surface area contributed by atoms with E-state index in [1.54, 1.807) is 13.8 Å². The van der Waals surface area contributed by atoms with Gasteiger partial charge in [0.25, 0.3) is 0 Å². The lowest BCUT2D eigenvalue weighted by molar-refractivity contribution is -0.137. The van der Waals surface area contributed by atoms with E-state index in [-0.39, 0.29) is 16.3 Å². The Kier molecular flexibility index (Phi) is 7.52. The quantitative estimate of drug-likeness (QED) is 0.479. The molecule has 0 aliphatic heterocycles. The Balaban J connectivity index is 1.80. The van der Waals surface area contributed by atoms with Gasteiger partial charge in [0.2, 0.25) is 15.9 Å². The molecule has 34 heavy (non-hydrogen) atoms. The van der Waals surface area contributed by atoms with Gasteiger partial charge < -0.3 is 5.32 Å². The summed E-state index contributed by atoms with van der Waals surface area (Å²) >= 11 is 0. The summed E-state index contributed by atoms with van der Waals surface area (Å²) in [6, 6.07) is 8.82. The van der Waals surface area contributed by atoms with Crippen LogP contribution in [0, 0.1) is 0 Å². The van der Waals surface area contributed by atoms with Crippen molar-refractivity contribution < 1.29 is 26.4 Å². The topological polar surface area (TPSA) is 97.2 Å². The van der Waals surface area contributed by atoms with Crippen LogP contribution in [0.5, 0.6) is 0 Å². The highest BCUT2D eigenvalue weighted by molar-refractivity contribution is 7.89. The van der Waals surface area contributed by atoms with Crippen LogP contribution in [0.2, 0.25) is 0 Å². The van der Waals surface area contributed by atoms with Crippen LogP contribution in [0.1, 0.15) is 25.0 Å². The fourth-order valence-corrected chi connectivity index (χ4v) is 4.61. The first kappa shape index (κ1) is 25.1. The van der Waals surface area contributed by atoms with Crippen molar-refractivity contribution in [3.63, 3.8) is 0 Å². The van der Waals surface area contributed by atoms with Crippen LogP contribution < -0.4 is 5.32 Å². The van der Waals surface area contributed by atoms with Crippen molar-refractivity contribution in [1.29, 1.82) is 0 Å². The fraction of sp³-hybridized carbons (Fsp3) is 0.227. The summed E-state index contributed by atoms with van der Waals surface area (Å²) < 4.78 is 67.1. The zero-order valence-corrected chi connectivity index (χ0v) is 19.1. The average molecular weight is 494 g/mol. The van der Waals surface area contributed by atoms with Crippen molar-refractivity contribution in [1.82, 2.24) is 19.1 Å². The van der Waals surface area contributed by atoms with Gasteiger partial charge in [-0.3, -0.25) is 4.79 Å². The number of nitrogens with one attached hydrogen (secondary N) is 1. The monoisotopic (exact) mass is 493 g/mol. The molecule has 12 heteroatoms. The first-order valence-corrected chi connectivity index (χ1v) is 11.7. The number of hydrogen-bond donors (Lipinski definition) is 1. The maximum Gasteiger partial charge on any atom is 0.416 e. The number of nitrogens with zero attached hydrogens (tertiary/aromatic N) is 4. The second-order valence-electron chi connectivity index (χ2n) is 7.05. The number of halogens is 3. The molecule has 8 nitrogen and oxygen atoms in total. The van der Waals surface area contributed by atoms with Crippen LogP contribution in [0.15, 0.2) is 66.1 Å². The Morgan fingerprint density at radius 2 is 1.79 bits per heavy atom. The first-order valence-electron chi connectivity index (χ1n) is 10.2. The molecule has 180 valence electrons. The maximum absolute atomic E-state index is 13.2. The van der Waals surface area contributed by atoms with E-state index in [9.17, 15) is 26.4 Å². The Hall–Kier alpha value is -3.51. The summed E-state index contributed by atoms with van der Waals surface area (Å²) in [5, 5.41) is 6.33. The fourth-order valence-electron chi connectivity index (χ4n) is 3.15. The van der Waals surface area contributed by atoms with Crippen molar-refractivity contribution >= 4 is 27.7 Å². The Morgan fingerprint density at radius 1 is 1.12 bits per heavy atom. The number of hydrogen-bond acceptors (Lipinski definition) is 5. The van der Waals surface area contributed by atoms with Crippen LogP contribution in [0.4, 0.5) is 18.9 Å². The number of amides is 1. The number of rotatable bonds is 8. The van der Waals surface area contributed by atoms with Gasteiger partial charge in [0.1, 0.15) is 12.7 Å². The molecule has 1 aromatic heterocycles. The number of alkyl halides is 3. The minimum absolute atomic E-state index is 0.101. The molecule has 2 aromatic carbocycles. The van der Waals surface area contributed by atoms with E-state index in [0.29, 0.717) is 18.7 Å². The molecule has 0 radical (unpaired) electrons. The number of benzene rings is 2. The number of aromatic nitrogens is 3. The van der Waals surface area contributed by atoms with Gasteiger partial charge >= 0.3 is 6.18 Å². The van der Waals surface area contributed by atoms with Crippen molar-refractivity contribution in [2.24, 2.45) is 0 Å². The van der Waals surface area contributed by atoms with E-state index in [0.717, 1.165) is 18.2 Å². The molecule has 0 bridgehead atoms. The Morgan fingerprint density at radius 3 is 2.35 bits per heavy atom. The second-order valence-corrected chi connectivity index (χ2v) is 8.99. The zero-order chi connectivity index (χ0) is 24.9. The maximum atomic E-state index is 13.2. The van der Waals surface area contributed by atoms with E-state index >= 15 is 0 Å². The third kappa shape index (κ3) is 5.69. The molecule has 3 rings (SSSR count). The third-order valence-electron chi connectivity index (χ3n) is 4.90.